The summed E-state index contributed by atoms with van der Waals surface area (Å²) in [6.45, 7) is 1.71. The zero-order valence-electron chi connectivity index (χ0n) is 8.36. The highest BCUT2D eigenvalue weighted by molar-refractivity contribution is 5.72. The first kappa shape index (κ1) is 10.5. The number of rotatable bonds is 4. The van der Waals surface area contributed by atoms with Gasteiger partial charge in [0, 0.05) is 13.2 Å². The zero-order chi connectivity index (χ0) is 10.0. The molecule has 0 aromatic carbocycles. The second kappa shape index (κ2) is 4.07. The predicted molar refractivity (Wildman–Crippen MR) is 48.7 cm³/mol. The first-order valence-corrected chi connectivity index (χ1v) is 4.53. The molecule has 4 heteroatoms. The van der Waals surface area contributed by atoms with Crippen LogP contribution in [0.3, 0.4) is 0 Å². The average Bonchev–Trinajstić information content (AvgIpc) is 2.00. The SMILES string of the molecule is COC1CC(N(C)C(C)C(=O)O)C1. The van der Waals surface area contributed by atoms with Crippen molar-refractivity contribution in [3.63, 3.8) is 0 Å². The van der Waals surface area contributed by atoms with Gasteiger partial charge in [-0.25, -0.2) is 0 Å². The molecule has 13 heavy (non-hydrogen) atoms. The van der Waals surface area contributed by atoms with E-state index in [1.165, 1.54) is 0 Å². The third-order valence-electron chi connectivity index (χ3n) is 2.95. The largest absolute Gasteiger partial charge is 0.480 e. The Balaban J connectivity index is 2.34. The summed E-state index contributed by atoms with van der Waals surface area (Å²) in [5.41, 5.74) is 0. The monoisotopic (exact) mass is 187 g/mol. The Labute approximate surface area is 78.5 Å². The van der Waals surface area contributed by atoms with E-state index in [9.17, 15) is 4.79 Å². The minimum atomic E-state index is -0.761. The normalized spacial score (nSPS) is 29.8. The van der Waals surface area contributed by atoms with Crippen LogP contribution in [0.25, 0.3) is 0 Å². The highest BCUT2D eigenvalue weighted by Crippen LogP contribution is 2.27. The van der Waals surface area contributed by atoms with Crippen LogP contribution in [0.2, 0.25) is 0 Å². The Hall–Kier alpha value is -0.610. The van der Waals surface area contributed by atoms with Crippen LogP contribution in [-0.4, -0.2) is 48.3 Å². The third kappa shape index (κ3) is 2.19. The number of aliphatic carboxylic acids is 1. The third-order valence-corrected chi connectivity index (χ3v) is 2.95. The van der Waals surface area contributed by atoms with Gasteiger partial charge in [0.05, 0.1) is 6.10 Å². The average molecular weight is 187 g/mol. The summed E-state index contributed by atoms with van der Waals surface area (Å²) in [5.74, 6) is -0.761. The smallest absolute Gasteiger partial charge is 0.320 e. The number of hydrogen-bond donors (Lipinski definition) is 1. The Kier molecular flexibility index (Phi) is 3.27. The second-order valence-electron chi connectivity index (χ2n) is 3.66. The molecule has 1 aliphatic carbocycles. The number of likely N-dealkylation sites (N-methyl/N-ethyl adjacent to an activating group) is 1. The number of carbonyl (C=O) groups is 1. The van der Waals surface area contributed by atoms with E-state index in [1.807, 2.05) is 11.9 Å². The van der Waals surface area contributed by atoms with E-state index < -0.39 is 12.0 Å². The standard InChI is InChI=1S/C9H17NO3/c1-6(9(11)12)10(2)7-4-8(5-7)13-3/h6-8H,4-5H2,1-3H3,(H,11,12). The lowest BCUT2D eigenvalue weighted by atomic mass is 9.87. The van der Waals surface area contributed by atoms with Crippen molar-refractivity contribution in [3.8, 4) is 0 Å². The van der Waals surface area contributed by atoms with Gasteiger partial charge in [-0.05, 0) is 26.8 Å². The molecule has 1 saturated carbocycles. The predicted octanol–water partition coefficient (Wildman–Crippen LogP) is 0.569. The number of carboxylic acid groups (broad SMARTS) is 1. The molecular formula is C9H17NO3. The number of nitrogens with zero attached hydrogens (tertiary/aromatic N) is 1. The van der Waals surface area contributed by atoms with Gasteiger partial charge in [0.25, 0.3) is 0 Å². The molecule has 4 nitrogen and oxygen atoms in total. The topological polar surface area (TPSA) is 49.8 Å². The molecule has 0 saturated heterocycles. The highest BCUT2D eigenvalue weighted by Gasteiger charge is 2.35. The van der Waals surface area contributed by atoms with Crippen LogP contribution in [-0.2, 0) is 9.53 Å². The van der Waals surface area contributed by atoms with Gasteiger partial charge < -0.3 is 9.84 Å². The van der Waals surface area contributed by atoms with E-state index in [0.717, 1.165) is 12.8 Å². The highest BCUT2D eigenvalue weighted by atomic mass is 16.5. The molecule has 0 aromatic rings. The van der Waals surface area contributed by atoms with Crippen LogP contribution in [0.5, 0.6) is 0 Å². The molecule has 76 valence electrons. The summed E-state index contributed by atoms with van der Waals surface area (Å²) < 4.78 is 5.13. The van der Waals surface area contributed by atoms with Gasteiger partial charge in [0.2, 0.25) is 0 Å². The molecule has 0 aliphatic heterocycles. The summed E-state index contributed by atoms with van der Waals surface area (Å²) in [5, 5.41) is 8.77. The number of hydrogen-bond acceptors (Lipinski definition) is 3. The summed E-state index contributed by atoms with van der Waals surface area (Å²) in [6, 6.07) is -0.0288. The first-order valence-electron chi connectivity index (χ1n) is 4.53. The van der Waals surface area contributed by atoms with Crippen LogP contribution >= 0.6 is 0 Å². The van der Waals surface area contributed by atoms with E-state index in [4.69, 9.17) is 9.84 Å². The maximum Gasteiger partial charge on any atom is 0.320 e. The van der Waals surface area contributed by atoms with Gasteiger partial charge in [0.1, 0.15) is 6.04 Å². The summed E-state index contributed by atoms with van der Waals surface area (Å²) in [7, 11) is 3.55. The van der Waals surface area contributed by atoms with Crippen LogP contribution in [0.15, 0.2) is 0 Å². The quantitative estimate of drug-likeness (QED) is 0.699. The van der Waals surface area contributed by atoms with Crippen molar-refractivity contribution in [2.24, 2.45) is 0 Å². The lowest BCUT2D eigenvalue weighted by molar-refractivity contribution is -0.145. The minimum absolute atomic E-state index is 0.327. The van der Waals surface area contributed by atoms with Gasteiger partial charge in [-0.15, -0.1) is 0 Å². The molecule has 0 heterocycles. The van der Waals surface area contributed by atoms with Gasteiger partial charge in [-0.2, -0.15) is 0 Å². The Morgan fingerprint density at radius 2 is 2.15 bits per heavy atom. The molecule has 1 rings (SSSR count). The van der Waals surface area contributed by atoms with E-state index in [2.05, 4.69) is 0 Å². The molecule has 1 N–H and O–H groups in total. The van der Waals surface area contributed by atoms with E-state index >= 15 is 0 Å². The fourth-order valence-electron chi connectivity index (χ4n) is 1.55. The van der Waals surface area contributed by atoms with Crippen LogP contribution in [0.1, 0.15) is 19.8 Å². The van der Waals surface area contributed by atoms with Crippen molar-refractivity contribution in [3.05, 3.63) is 0 Å². The van der Waals surface area contributed by atoms with Crippen molar-refractivity contribution in [1.29, 1.82) is 0 Å². The molecule has 0 amide bonds. The van der Waals surface area contributed by atoms with Gasteiger partial charge >= 0.3 is 5.97 Å². The maximum atomic E-state index is 10.7. The molecule has 1 fully saturated rings. The second-order valence-corrected chi connectivity index (χ2v) is 3.66. The Bertz CT molecular complexity index is 189. The molecule has 1 unspecified atom stereocenters. The van der Waals surface area contributed by atoms with Crippen molar-refractivity contribution >= 4 is 5.97 Å². The van der Waals surface area contributed by atoms with E-state index in [1.54, 1.807) is 14.0 Å². The number of ether oxygens (including phenoxy) is 1. The van der Waals surface area contributed by atoms with Gasteiger partial charge in [0.15, 0.2) is 0 Å². The lowest BCUT2D eigenvalue weighted by Gasteiger charge is -2.41. The van der Waals surface area contributed by atoms with Crippen LogP contribution < -0.4 is 0 Å². The summed E-state index contributed by atoms with van der Waals surface area (Å²) in [4.78, 5) is 12.6. The maximum absolute atomic E-state index is 10.7. The van der Waals surface area contributed by atoms with Crippen molar-refractivity contribution < 1.29 is 14.6 Å². The van der Waals surface area contributed by atoms with E-state index in [-0.39, 0.29) is 0 Å². The Morgan fingerprint density at radius 3 is 2.54 bits per heavy atom. The minimum Gasteiger partial charge on any atom is -0.480 e. The molecule has 1 aliphatic rings. The molecule has 0 spiro atoms. The van der Waals surface area contributed by atoms with Gasteiger partial charge in [-0.3, -0.25) is 9.69 Å². The fraction of sp³-hybridized carbons (Fsp3) is 0.889. The van der Waals surface area contributed by atoms with Crippen LogP contribution in [0, 0.1) is 0 Å². The lowest BCUT2D eigenvalue weighted by Crippen LogP contribution is -2.51. The fourth-order valence-corrected chi connectivity index (χ4v) is 1.55. The number of carboxylic acids is 1. The van der Waals surface area contributed by atoms with Crippen LogP contribution in [0.4, 0.5) is 0 Å². The summed E-state index contributed by atoms with van der Waals surface area (Å²) in [6.07, 6.45) is 2.23. The number of methoxy groups -OCH3 is 1. The summed E-state index contributed by atoms with van der Waals surface area (Å²) >= 11 is 0. The Morgan fingerprint density at radius 1 is 1.62 bits per heavy atom. The van der Waals surface area contributed by atoms with Gasteiger partial charge in [-0.1, -0.05) is 0 Å². The molecule has 0 radical (unpaired) electrons. The van der Waals surface area contributed by atoms with Crippen molar-refractivity contribution in [2.75, 3.05) is 14.2 Å². The molecule has 1 atom stereocenters. The zero-order valence-corrected chi connectivity index (χ0v) is 8.36. The van der Waals surface area contributed by atoms with E-state index in [0.29, 0.717) is 12.1 Å². The van der Waals surface area contributed by atoms with Crippen molar-refractivity contribution in [2.45, 2.75) is 38.0 Å². The molecular weight excluding hydrogens is 170 g/mol. The molecule has 0 bridgehead atoms. The molecule has 0 aromatic heterocycles. The van der Waals surface area contributed by atoms with Crippen molar-refractivity contribution in [1.82, 2.24) is 4.90 Å². The first-order chi connectivity index (χ1) is 6.06.